The fourth-order valence-corrected chi connectivity index (χ4v) is 4.30. The molecule has 1 heterocycles. The topological polar surface area (TPSA) is 149 Å². The molecule has 2 aromatic carbocycles. The molecule has 196 valence electrons. The lowest BCUT2D eigenvalue weighted by Gasteiger charge is -2.38. The van der Waals surface area contributed by atoms with Crippen LogP contribution >= 0.6 is 12.4 Å². The van der Waals surface area contributed by atoms with Gasteiger partial charge in [-0.1, -0.05) is 0 Å². The number of nitrogens with two attached hydrogens (primary N) is 2. The van der Waals surface area contributed by atoms with Gasteiger partial charge in [0.25, 0.3) is 5.91 Å². The molecule has 0 saturated heterocycles. The van der Waals surface area contributed by atoms with Crippen LogP contribution in [0.4, 0.5) is 5.69 Å². The smallest absolute Gasteiger partial charge is 0.338 e. The van der Waals surface area contributed by atoms with Crippen LogP contribution < -0.4 is 21.5 Å². The van der Waals surface area contributed by atoms with Crippen molar-refractivity contribution in [2.24, 2.45) is 16.5 Å². The number of ether oxygens (including phenoxy) is 2. The van der Waals surface area contributed by atoms with Crippen molar-refractivity contribution in [2.75, 3.05) is 13.2 Å². The van der Waals surface area contributed by atoms with Crippen molar-refractivity contribution in [2.45, 2.75) is 59.5 Å². The molecule has 10 heteroatoms. The molecule has 9 nitrogen and oxygen atoms in total. The van der Waals surface area contributed by atoms with Gasteiger partial charge in [0, 0.05) is 24.1 Å². The fraction of sp³-hybridized carbons (Fsp3) is 0.423. The van der Waals surface area contributed by atoms with E-state index in [1.54, 1.807) is 6.92 Å². The minimum atomic E-state index is -0.567. The van der Waals surface area contributed by atoms with Gasteiger partial charge in [-0.25, -0.2) is 9.79 Å². The van der Waals surface area contributed by atoms with Gasteiger partial charge in [-0.3, -0.25) is 4.79 Å². The lowest BCUT2D eigenvalue weighted by Crippen LogP contribution is -2.40. The number of amides is 1. The van der Waals surface area contributed by atoms with E-state index in [1.165, 1.54) is 18.2 Å². The predicted octanol–water partition coefficient (Wildman–Crippen LogP) is 3.72. The van der Waals surface area contributed by atoms with Crippen LogP contribution in [0.5, 0.6) is 11.5 Å². The van der Waals surface area contributed by atoms with Gasteiger partial charge in [-0.05, 0) is 82.3 Å². The number of guanidine groups is 1. The van der Waals surface area contributed by atoms with Crippen LogP contribution in [0, 0.1) is 20.8 Å². The molecule has 0 radical (unpaired) electrons. The van der Waals surface area contributed by atoms with Crippen LogP contribution in [-0.4, -0.2) is 41.7 Å². The largest absolute Gasteiger partial charge is 0.507 e. The summed E-state index contributed by atoms with van der Waals surface area (Å²) in [7, 11) is 0. The van der Waals surface area contributed by atoms with Crippen molar-refractivity contribution in [1.29, 1.82) is 0 Å². The van der Waals surface area contributed by atoms with Gasteiger partial charge in [-0.15, -0.1) is 12.4 Å². The van der Waals surface area contributed by atoms with Crippen LogP contribution in [0.3, 0.4) is 0 Å². The van der Waals surface area contributed by atoms with Crippen LogP contribution in [-0.2, 0) is 11.2 Å². The summed E-state index contributed by atoms with van der Waals surface area (Å²) in [6, 6.07) is 4.43. The molecule has 0 aromatic heterocycles. The van der Waals surface area contributed by atoms with Gasteiger partial charge in [0.2, 0.25) is 0 Å². The first kappa shape index (κ1) is 28.8. The molecule has 0 fully saturated rings. The highest BCUT2D eigenvalue weighted by atomic mass is 35.5. The van der Waals surface area contributed by atoms with E-state index in [2.05, 4.69) is 10.3 Å². The summed E-state index contributed by atoms with van der Waals surface area (Å²) >= 11 is 0. The van der Waals surface area contributed by atoms with E-state index >= 15 is 0 Å². The molecule has 0 bridgehead atoms. The third-order valence-corrected chi connectivity index (χ3v) is 6.48. The monoisotopic (exact) mass is 518 g/mol. The van der Waals surface area contributed by atoms with Crippen molar-refractivity contribution in [3.63, 3.8) is 0 Å². The number of aliphatic imine (C=N–C) groups is 1. The highest BCUT2D eigenvalue weighted by Crippen LogP contribution is 2.43. The third kappa shape index (κ3) is 6.20. The second-order valence-corrected chi connectivity index (χ2v) is 9.11. The van der Waals surface area contributed by atoms with E-state index in [0.29, 0.717) is 18.7 Å². The molecule has 1 aliphatic rings. The Morgan fingerprint density at radius 2 is 1.81 bits per heavy atom. The predicted molar refractivity (Wildman–Crippen MR) is 142 cm³/mol. The quantitative estimate of drug-likeness (QED) is 0.248. The first-order chi connectivity index (χ1) is 16.5. The summed E-state index contributed by atoms with van der Waals surface area (Å²) in [6.07, 6.45) is 2.12. The molecule has 1 amide bonds. The Kier molecular flexibility index (Phi) is 9.21. The van der Waals surface area contributed by atoms with Crippen LogP contribution in [0.2, 0.25) is 0 Å². The Morgan fingerprint density at radius 1 is 1.14 bits per heavy atom. The van der Waals surface area contributed by atoms with Crippen molar-refractivity contribution < 1.29 is 24.2 Å². The number of nitrogens with zero attached hydrogens (tertiary/aromatic N) is 1. The number of benzene rings is 2. The maximum absolute atomic E-state index is 12.9. The van der Waals surface area contributed by atoms with Crippen LogP contribution in [0.25, 0.3) is 0 Å². The molecule has 2 aromatic rings. The maximum Gasteiger partial charge on any atom is 0.338 e. The molecule has 1 unspecified atom stereocenters. The summed E-state index contributed by atoms with van der Waals surface area (Å²) in [5.41, 5.74) is 14.8. The summed E-state index contributed by atoms with van der Waals surface area (Å²) in [6.45, 7) is 10.0. The van der Waals surface area contributed by atoms with Crippen molar-refractivity contribution in [1.82, 2.24) is 5.32 Å². The summed E-state index contributed by atoms with van der Waals surface area (Å²) in [5.74, 6) is 0.0284. The summed E-state index contributed by atoms with van der Waals surface area (Å²) < 4.78 is 11.5. The third-order valence-electron chi connectivity index (χ3n) is 6.48. The van der Waals surface area contributed by atoms with Gasteiger partial charge in [0.05, 0.1) is 17.9 Å². The number of halogens is 1. The number of phenolic OH excluding ortho intramolecular Hbond substituents is 1. The maximum atomic E-state index is 12.9. The van der Waals surface area contributed by atoms with Crippen molar-refractivity contribution in [3.8, 4) is 11.5 Å². The average molecular weight is 519 g/mol. The number of aromatic hydroxyl groups is 1. The standard InChI is InChI=1S/C26H34N4O5.ClH/c1-6-34-24(33)18-11-17(12-19(13-18)30-25(27)28)23(32)29-10-9-26(5)8-7-20-16(4)21(31)14(2)15(3)22(20)35-26;/h11-13,31H,6-10H2,1-5H3,(H,29,32)(H4,27,28,30);1H. The zero-order chi connectivity index (χ0) is 25.9. The second-order valence-electron chi connectivity index (χ2n) is 9.11. The SMILES string of the molecule is CCOC(=O)c1cc(N=C(N)N)cc(C(=O)NCCC2(C)CCc3c(C)c(O)c(C)c(C)c3O2)c1.Cl. The first-order valence-electron chi connectivity index (χ1n) is 11.7. The van der Waals surface area contributed by atoms with E-state index in [0.717, 1.165) is 40.8 Å². The van der Waals surface area contributed by atoms with Crippen molar-refractivity contribution in [3.05, 3.63) is 51.6 Å². The Bertz CT molecular complexity index is 1190. The molecule has 6 N–H and O–H groups in total. The number of hydrogen-bond donors (Lipinski definition) is 4. The number of nitrogens with one attached hydrogen (secondary N) is 1. The molecular weight excluding hydrogens is 484 g/mol. The lowest BCUT2D eigenvalue weighted by molar-refractivity contribution is 0.0525. The number of hydrogen-bond acceptors (Lipinski definition) is 6. The molecule has 0 spiro atoms. The van der Waals surface area contributed by atoms with Gasteiger partial charge in [0.15, 0.2) is 5.96 Å². The minimum Gasteiger partial charge on any atom is -0.507 e. The van der Waals surface area contributed by atoms with Crippen LogP contribution in [0.1, 0.15) is 69.7 Å². The Morgan fingerprint density at radius 3 is 2.44 bits per heavy atom. The summed E-state index contributed by atoms with van der Waals surface area (Å²) in [5, 5.41) is 13.3. The Hall–Kier alpha value is -3.46. The fourth-order valence-electron chi connectivity index (χ4n) is 4.30. The van der Waals surface area contributed by atoms with Crippen LogP contribution in [0.15, 0.2) is 23.2 Å². The molecule has 36 heavy (non-hydrogen) atoms. The minimum absolute atomic E-state index is 0. The molecule has 0 saturated carbocycles. The Balaban J connectivity index is 0.00000456. The number of phenols is 1. The van der Waals surface area contributed by atoms with Crippen molar-refractivity contribution >= 4 is 35.9 Å². The van der Waals surface area contributed by atoms with Gasteiger partial charge in [-0.2, -0.15) is 0 Å². The normalized spacial score (nSPS) is 16.1. The number of carbonyl (C=O) groups is 2. The highest BCUT2D eigenvalue weighted by molar-refractivity contribution is 5.99. The number of carbonyl (C=O) groups excluding carboxylic acids is 2. The Labute approximate surface area is 217 Å². The molecule has 0 aliphatic carbocycles. The van der Waals surface area contributed by atoms with E-state index in [-0.39, 0.29) is 47.7 Å². The van der Waals surface area contributed by atoms with Gasteiger partial charge < -0.3 is 31.4 Å². The van der Waals surface area contributed by atoms with E-state index in [4.69, 9.17) is 20.9 Å². The number of fused-ring (bicyclic) bond motifs is 1. The first-order valence-corrected chi connectivity index (χ1v) is 11.7. The van der Waals surface area contributed by atoms with Gasteiger partial charge in [0.1, 0.15) is 17.1 Å². The molecule has 1 atom stereocenters. The zero-order valence-corrected chi connectivity index (χ0v) is 22.2. The van der Waals surface area contributed by atoms with E-state index in [1.807, 2.05) is 27.7 Å². The second kappa shape index (κ2) is 11.5. The lowest BCUT2D eigenvalue weighted by atomic mass is 9.85. The molecule has 1 aliphatic heterocycles. The van der Waals surface area contributed by atoms with Gasteiger partial charge >= 0.3 is 5.97 Å². The van der Waals surface area contributed by atoms with E-state index in [9.17, 15) is 14.7 Å². The number of esters is 1. The molecular formula is C26H35ClN4O5. The number of rotatable bonds is 7. The van der Waals surface area contributed by atoms with E-state index < -0.39 is 11.6 Å². The summed E-state index contributed by atoms with van der Waals surface area (Å²) in [4.78, 5) is 29.1. The zero-order valence-electron chi connectivity index (χ0n) is 21.4. The average Bonchev–Trinajstić information content (AvgIpc) is 2.80. The molecule has 3 rings (SSSR count). The highest BCUT2D eigenvalue weighted by Gasteiger charge is 2.34.